The van der Waals surface area contributed by atoms with Gasteiger partial charge < -0.3 is 10.6 Å². The predicted octanol–water partition coefficient (Wildman–Crippen LogP) is -0.739. The number of fused-ring (bicyclic) bond motifs is 2. The van der Waals surface area contributed by atoms with Crippen LogP contribution in [0, 0.1) is 0 Å². The zero-order valence-corrected chi connectivity index (χ0v) is 10.1. The van der Waals surface area contributed by atoms with Gasteiger partial charge in [-0.3, -0.25) is 10.0 Å². The highest BCUT2D eigenvalue weighted by molar-refractivity contribution is 5.80. The largest absolute Gasteiger partial charge is 0.369 e. The molecule has 1 fully saturated rings. The molecule has 8 nitrogen and oxygen atoms in total. The topological polar surface area (TPSA) is 105 Å². The Morgan fingerprint density at radius 2 is 2.37 bits per heavy atom. The Labute approximate surface area is 108 Å². The molecular formula is C11H13N5O3. The average molecular weight is 263 g/mol. The smallest absolute Gasteiger partial charge is 0.344 e. The molecule has 0 spiro atoms. The second-order valence-electron chi connectivity index (χ2n) is 4.63. The van der Waals surface area contributed by atoms with Gasteiger partial charge in [-0.2, -0.15) is 10.2 Å². The van der Waals surface area contributed by atoms with E-state index in [1.165, 1.54) is 4.90 Å². The number of hydroxylamine groups is 2. The van der Waals surface area contributed by atoms with Gasteiger partial charge >= 0.3 is 6.03 Å². The molecule has 1 aromatic heterocycles. The lowest BCUT2D eigenvalue weighted by atomic mass is 10.2. The Morgan fingerprint density at radius 1 is 1.58 bits per heavy atom. The third kappa shape index (κ3) is 1.95. The summed E-state index contributed by atoms with van der Waals surface area (Å²) in [5.41, 5.74) is 6.47. The van der Waals surface area contributed by atoms with Gasteiger partial charge in [-0.05, 0) is 12.1 Å². The van der Waals surface area contributed by atoms with Gasteiger partial charge in [-0.25, -0.2) is 9.48 Å². The zero-order chi connectivity index (χ0) is 13.6. The van der Waals surface area contributed by atoms with E-state index in [2.05, 4.69) is 5.10 Å². The highest BCUT2D eigenvalue weighted by atomic mass is 16.5. The molecular weight excluding hydrogens is 250 g/mol. The van der Waals surface area contributed by atoms with Crippen molar-refractivity contribution < 1.29 is 14.8 Å². The molecule has 2 bridgehead atoms. The fourth-order valence-corrected chi connectivity index (χ4v) is 2.34. The first kappa shape index (κ1) is 11.7. The molecule has 0 aliphatic carbocycles. The molecule has 2 aliphatic heterocycles. The minimum absolute atomic E-state index is 0.0818. The van der Waals surface area contributed by atoms with E-state index in [1.54, 1.807) is 23.0 Å². The van der Waals surface area contributed by atoms with E-state index in [0.717, 1.165) is 10.8 Å². The minimum Gasteiger partial charge on any atom is -0.369 e. The maximum atomic E-state index is 11.6. The number of hydrogen-bond donors (Lipinski definition) is 2. The molecule has 3 heterocycles. The van der Waals surface area contributed by atoms with Crippen molar-refractivity contribution in [3.8, 4) is 0 Å². The normalized spacial score (nSPS) is 21.8. The number of primary amides is 1. The summed E-state index contributed by atoms with van der Waals surface area (Å²) in [4.78, 5) is 23.9. The Hall–Kier alpha value is -2.35. The van der Waals surface area contributed by atoms with Crippen LogP contribution in [0.5, 0.6) is 0 Å². The summed E-state index contributed by atoms with van der Waals surface area (Å²) in [5, 5.41) is 14.5. The summed E-state index contributed by atoms with van der Waals surface area (Å²) in [5.74, 6) is -0.441. The van der Waals surface area contributed by atoms with Gasteiger partial charge in [-0.15, -0.1) is 0 Å². The lowest BCUT2D eigenvalue weighted by Gasteiger charge is -2.20. The van der Waals surface area contributed by atoms with E-state index in [0.29, 0.717) is 18.8 Å². The second kappa shape index (κ2) is 4.09. The molecule has 3 rings (SSSR count). The number of carbonyl (C=O) groups is 2. The third-order valence-electron chi connectivity index (χ3n) is 3.22. The van der Waals surface area contributed by atoms with Crippen molar-refractivity contribution in [2.24, 2.45) is 5.73 Å². The van der Waals surface area contributed by atoms with Gasteiger partial charge in [0.25, 0.3) is 0 Å². The van der Waals surface area contributed by atoms with Crippen LogP contribution in [0.1, 0.15) is 5.69 Å². The van der Waals surface area contributed by atoms with Crippen molar-refractivity contribution in [1.82, 2.24) is 19.7 Å². The number of amides is 3. The van der Waals surface area contributed by atoms with Crippen molar-refractivity contribution in [3.05, 3.63) is 24.0 Å². The monoisotopic (exact) mass is 263 g/mol. The zero-order valence-electron chi connectivity index (χ0n) is 10.1. The molecule has 3 N–H and O–H groups in total. The number of rotatable bonds is 3. The first-order valence-corrected chi connectivity index (χ1v) is 5.85. The van der Waals surface area contributed by atoms with Gasteiger partial charge in [0, 0.05) is 12.7 Å². The number of aromatic nitrogens is 2. The molecule has 1 saturated heterocycles. The summed E-state index contributed by atoms with van der Waals surface area (Å²) < 4.78 is 1.60. The first-order chi connectivity index (χ1) is 9.04. The van der Waals surface area contributed by atoms with Crippen molar-refractivity contribution >= 4 is 17.6 Å². The maximum Gasteiger partial charge on any atom is 0.344 e. The summed E-state index contributed by atoms with van der Waals surface area (Å²) in [6, 6.07) is 0.955. The van der Waals surface area contributed by atoms with Crippen LogP contribution in [0.3, 0.4) is 0 Å². The number of hydrogen-bond acceptors (Lipinski definition) is 4. The van der Waals surface area contributed by atoms with Gasteiger partial charge in [0.2, 0.25) is 5.91 Å². The maximum absolute atomic E-state index is 11.6. The van der Waals surface area contributed by atoms with E-state index in [4.69, 9.17) is 5.73 Å². The predicted molar refractivity (Wildman–Crippen MR) is 63.8 cm³/mol. The van der Waals surface area contributed by atoms with Crippen LogP contribution >= 0.6 is 0 Å². The van der Waals surface area contributed by atoms with Crippen molar-refractivity contribution in [2.75, 3.05) is 13.1 Å². The van der Waals surface area contributed by atoms with Crippen LogP contribution in [0.2, 0.25) is 0 Å². The SMILES string of the molecule is NC(=O)Cc1ccn(C2=CC3CN(C2)C(=O)N3O)n1. The van der Waals surface area contributed by atoms with Crippen LogP contribution in [0.4, 0.5) is 4.79 Å². The van der Waals surface area contributed by atoms with Crippen molar-refractivity contribution in [1.29, 1.82) is 0 Å². The highest BCUT2D eigenvalue weighted by Gasteiger charge is 2.39. The standard InChI is InChI=1S/C11H13N5O3/c12-10(17)3-7-1-2-15(13-7)8-4-9-6-14(5-8)11(18)16(9)19/h1-2,4,9,19H,3,5-6H2,(H2,12,17). The van der Waals surface area contributed by atoms with Crippen LogP contribution in [-0.2, 0) is 11.2 Å². The fourth-order valence-electron chi connectivity index (χ4n) is 2.34. The Balaban J connectivity index is 1.84. The van der Waals surface area contributed by atoms with Crippen molar-refractivity contribution in [3.63, 3.8) is 0 Å². The number of nitrogens with zero attached hydrogens (tertiary/aromatic N) is 4. The quantitative estimate of drug-likeness (QED) is 0.701. The average Bonchev–Trinajstić information content (AvgIpc) is 2.90. The number of carbonyl (C=O) groups excluding carboxylic acids is 2. The number of urea groups is 1. The molecule has 0 radical (unpaired) electrons. The number of nitrogens with two attached hydrogens (primary N) is 1. The Morgan fingerprint density at radius 3 is 3.05 bits per heavy atom. The lowest BCUT2D eigenvalue weighted by Crippen LogP contribution is -2.31. The van der Waals surface area contributed by atoms with E-state index >= 15 is 0 Å². The van der Waals surface area contributed by atoms with E-state index in [9.17, 15) is 14.8 Å². The summed E-state index contributed by atoms with van der Waals surface area (Å²) >= 11 is 0. The van der Waals surface area contributed by atoms with Crippen LogP contribution in [0.25, 0.3) is 5.70 Å². The molecule has 0 aromatic carbocycles. The molecule has 1 atom stereocenters. The Bertz CT molecular complexity index is 579. The van der Waals surface area contributed by atoms with Crippen molar-refractivity contribution in [2.45, 2.75) is 12.5 Å². The molecule has 8 heteroatoms. The van der Waals surface area contributed by atoms with E-state index in [1.807, 2.05) is 0 Å². The molecule has 0 saturated carbocycles. The molecule has 3 amide bonds. The van der Waals surface area contributed by atoms with Crippen LogP contribution < -0.4 is 5.73 Å². The fraction of sp³-hybridized carbons (Fsp3) is 0.364. The first-order valence-electron chi connectivity index (χ1n) is 5.85. The van der Waals surface area contributed by atoms with E-state index < -0.39 is 11.9 Å². The minimum atomic E-state index is -0.441. The Kier molecular flexibility index (Phi) is 2.53. The third-order valence-corrected chi connectivity index (χ3v) is 3.22. The molecule has 100 valence electrons. The molecule has 2 aliphatic rings. The van der Waals surface area contributed by atoms with Gasteiger partial charge in [0.05, 0.1) is 30.4 Å². The second-order valence-corrected chi connectivity index (χ2v) is 4.63. The van der Waals surface area contributed by atoms with Gasteiger partial charge in [0.1, 0.15) is 0 Å². The van der Waals surface area contributed by atoms with E-state index in [-0.39, 0.29) is 12.5 Å². The lowest BCUT2D eigenvalue weighted by molar-refractivity contribution is -0.117. The highest BCUT2D eigenvalue weighted by Crippen LogP contribution is 2.24. The van der Waals surface area contributed by atoms with Gasteiger partial charge in [-0.1, -0.05) is 0 Å². The van der Waals surface area contributed by atoms with Crippen LogP contribution in [0.15, 0.2) is 18.3 Å². The molecule has 19 heavy (non-hydrogen) atoms. The summed E-state index contributed by atoms with van der Waals surface area (Å²) in [6.07, 6.45) is 3.59. The molecule has 1 unspecified atom stereocenters. The van der Waals surface area contributed by atoms with Crippen LogP contribution in [-0.4, -0.2) is 56.0 Å². The molecule has 1 aromatic rings. The van der Waals surface area contributed by atoms with Gasteiger partial charge in [0.15, 0.2) is 0 Å². The summed E-state index contributed by atoms with van der Waals surface area (Å²) in [7, 11) is 0. The summed E-state index contributed by atoms with van der Waals surface area (Å²) in [6.45, 7) is 0.859.